The summed E-state index contributed by atoms with van der Waals surface area (Å²) in [5.41, 5.74) is 2.65. The van der Waals surface area contributed by atoms with Crippen molar-refractivity contribution < 1.29 is 9.47 Å². The van der Waals surface area contributed by atoms with Gasteiger partial charge in [-0.1, -0.05) is 18.2 Å². The summed E-state index contributed by atoms with van der Waals surface area (Å²) in [6, 6.07) is 17.5. The van der Waals surface area contributed by atoms with Gasteiger partial charge in [0.15, 0.2) is 0 Å². The van der Waals surface area contributed by atoms with E-state index >= 15 is 0 Å². The van der Waals surface area contributed by atoms with E-state index in [-0.39, 0.29) is 17.3 Å². The van der Waals surface area contributed by atoms with Crippen LogP contribution in [0, 0.1) is 0 Å². The number of nitrogens with one attached hydrogen (secondary N) is 2. The number of pyridine rings is 1. The van der Waals surface area contributed by atoms with Gasteiger partial charge in [0.2, 0.25) is 5.56 Å². The Balaban J connectivity index is 1.58. The van der Waals surface area contributed by atoms with Crippen LogP contribution in [0.25, 0.3) is 10.9 Å². The Bertz CT molecular complexity index is 1010. The summed E-state index contributed by atoms with van der Waals surface area (Å²) in [5, 5.41) is 4.37. The van der Waals surface area contributed by atoms with Crippen LogP contribution in [0.4, 0.5) is 0 Å². The summed E-state index contributed by atoms with van der Waals surface area (Å²) in [6.07, 6.45) is 0.836. The van der Waals surface area contributed by atoms with Gasteiger partial charge in [-0.3, -0.25) is 4.79 Å². The fraction of sp³-hybridized carbons (Fsp3) is 0.318. The fourth-order valence-electron chi connectivity index (χ4n) is 3.76. The highest BCUT2D eigenvalue weighted by molar-refractivity contribution is 5.79. The number of aromatic amines is 1. The third-order valence-corrected chi connectivity index (χ3v) is 5.40. The van der Waals surface area contributed by atoms with E-state index in [0.29, 0.717) is 0 Å². The van der Waals surface area contributed by atoms with Gasteiger partial charge in [0, 0.05) is 25.2 Å². The van der Waals surface area contributed by atoms with Gasteiger partial charge in [-0.15, -0.1) is 0 Å². The molecule has 1 aliphatic heterocycles. The number of aromatic nitrogens is 1. The van der Waals surface area contributed by atoms with Crippen molar-refractivity contribution in [2.45, 2.75) is 25.0 Å². The van der Waals surface area contributed by atoms with Gasteiger partial charge in [0.05, 0.1) is 0 Å². The van der Waals surface area contributed by atoms with Crippen molar-refractivity contribution in [2.75, 3.05) is 20.2 Å². The van der Waals surface area contributed by atoms with E-state index in [2.05, 4.69) is 28.5 Å². The number of methoxy groups -OCH3 is 1. The van der Waals surface area contributed by atoms with Gasteiger partial charge >= 0.3 is 0 Å². The van der Waals surface area contributed by atoms with Crippen molar-refractivity contribution in [3.8, 4) is 5.75 Å². The molecule has 5 nitrogen and oxygen atoms in total. The first-order valence-electron chi connectivity index (χ1n) is 9.26. The largest absolute Gasteiger partial charge is 0.486 e. The van der Waals surface area contributed by atoms with Crippen LogP contribution in [0.1, 0.15) is 30.6 Å². The van der Waals surface area contributed by atoms with Crippen molar-refractivity contribution in [1.82, 2.24) is 10.3 Å². The van der Waals surface area contributed by atoms with Gasteiger partial charge in [-0.05, 0) is 66.7 Å². The first-order valence-corrected chi connectivity index (χ1v) is 9.26. The van der Waals surface area contributed by atoms with E-state index in [4.69, 9.17) is 9.47 Å². The minimum atomic E-state index is -0.280. The molecule has 1 aliphatic rings. The molecule has 1 fully saturated rings. The number of H-pyrrole nitrogens is 1. The molecule has 0 spiro atoms. The highest BCUT2D eigenvalue weighted by Gasteiger charge is 2.35. The maximum Gasteiger partial charge on any atom is 0.248 e. The van der Waals surface area contributed by atoms with Gasteiger partial charge in [0.1, 0.15) is 17.5 Å². The number of benzene rings is 2. The smallest absolute Gasteiger partial charge is 0.248 e. The van der Waals surface area contributed by atoms with E-state index in [0.717, 1.165) is 47.3 Å². The Morgan fingerprint density at radius 3 is 2.78 bits per heavy atom. The molecule has 140 valence electrons. The zero-order valence-corrected chi connectivity index (χ0v) is 15.6. The number of hydrogen-bond acceptors (Lipinski definition) is 4. The lowest BCUT2D eigenvalue weighted by Crippen LogP contribution is -2.31. The maximum atomic E-state index is 11.4. The van der Waals surface area contributed by atoms with Crippen molar-refractivity contribution >= 4 is 10.9 Å². The normalized spacial score (nSPS) is 20.7. The topological polar surface area (TPSA) is 63.4 Å². The van der Waals surface area contributed by atoms with Crippen LogP contribution >= 0.6 is 0 Å². The van der Waals surface area contributed by atoms with Crippen LogP contribution < -0.4 is 15.6 Å². The van der Waals surface area contributed by atoms with Gasteiger partial charge in [-0.2, -0.15) is 0 Å². The Hall–Kier alpha value is -2.63. The second kappa shape index (κ2) is 7.18. The third-order valence-electron chi connectivity index (χ3n) is 5.40. The van der Waals surface area contributed by atoms with E-state index in [1.54, 1.807) is 13.2 Å². The van der Waals surface area contributed by atoms with Crippen LogP contribution in [-0.4, -0.2) is 25.2 Å². The Morgan fingerprint density at radius 2 is 2.00 bits per heavy atom. The average Bonchev–Trinajstić information content (AvgIpc) is 3.18. The molecule has 4 rings (SSSR count). The average molecular weight is 364 g/mol. The number of rotatable bonds is 5. The summed E-state index contributed by atoms with van der Waals surface area (Å²) in [6.45, 7) is 3.79. The molecule has 0 radical (unpaired) electrons. The predicted octanol–water partition coefficient (Wildman–Crippen LogP) is 3.50. The molecule has 27 heavy (non-hydrogen) atoms. The molecule has 0 aliphatic carbocycles. The predicted molar refractivity (Wildman–Crippen MR) is 106 cm³/mol. The minimum absolute atomic E-state index is 0.0927. The summed E-state index contributed by atoms with van der Waals surface area (Å²) >= 11 is 0. The molecule has 1 aromatic heterocycles. The van der Waals surface area contributed by atoms with Crippen molar-refractivity contribution in [1.29, 1.82) is 0 Å². The number of hydrogen-bond donors (Lipinski definition) is 2. The van der Waals surface area contributed by atoms with Gasteiger partial charge in [0.25, 0.3) is 0 Å². The lowest BCUT2D eigenvalue weighted by molar-refractivity contribution is 0.00299. The van der Waals surface area contributed by atoms with E-state index in [9.17, 15) is 4.79 Å². The standard InChI is InChI=1S/C22H24N2O3/c1-15(16-6-8-20-17(12-16)7-9-21(25)24-20)27-19-5-3-4-18(13-19)22(26-2)10-11-23-14-22/h3-9,12-13,15,23H,10-11,14H2,1-2H3,(H,24,25). The molecule has 2 aromatic carbocycles. The maximum absolute atomic E-state index is 11.4. The minimum Gasteiger partial charge on any atom is -0.486 e. The Labute approximate surface area is 158 Å². The van der Waals surface area contributed by atoms with Crippen LogP contribution in [0.15, 0.2) is 59.4 Å². The molecule has 0 saturated carbocycles. The second-order valence-corrected chi connectivity index (χ2v) is 7.08. The van der Waals surface area contributed by atoms with Crippen LogP contribution in [0.2, 0.25) is 0 Å². The Kier molecular flexibility index (Phi) is 4.72. The van der Waals surface area contributed by atoms with Crippen molar-refractivity contribution in [3.05, 3.63) is 76.1 Å². The zero-order valence-electron chi connectivity index (χ0n) is 15.6. The second-order valence-electron chi connectivity index (χ2n) is 7.08. The Morgan fingerprint density at radius 1 is 1.11 bits per heavy atom. The summed E-state index contributed by atoms with van der Waals surface area (Å²) in [5.74, 6) is 0.824. The van der Waals surface area contributed by atoms with Crippen LogP contribution in [0.5, 0.6) is 5.75 Å². The summed E-state index contributed by atoms with van der Waals surface area (Å²) in [4.78, 5) is 14.3. The van der Waals surface area contributed by atoms with Crippen LogP contribution in [-0.2, 0) is 10.3 Å². The van der Waals surface area contributed by atoms with Crippen LogP contribution in [0.3, 0.4) is 0 Å². The fourth-order valence-corrected chi connectivity index (χ4v) is 3.76. The van der Waals surface area contributed by atoms with E-state index < -0.39 is 0 Å². The van der Waals surface area contributed by atoms with Crippen molar-refractivity contribution in [2.24, 2.45) is 0 Å². The lowest BCUT2D eigenvalue weighted by Gasteiger charge is -2.28. The molecule has 0 bridgehead atoms. The third kappa shape index (κ3) is 3.48. The molecule has 1 saturated heterocycles. The molecule has 5 heteroatoms. The van der Waals surface area contributed by atoms with Gasteiger partial charge < -0.3 is 19.8 Å². The molecule has 0 amide bonds. The molecule has 2 heterocycles. The monoisotopic (exact) mass is 364 g/mol. The molecule has 2 N–H and O–H groups in total. The number of fused-ring (bicyclic) bond motifs is 1. The highest BCUT2D eigenvalue weighted by Crippen LogP contribution is 2.34. The first kappa shape index (κ1) is 17.8. The van der Waals surface area contributed by atoms with Crippen molar-refractivity contribution in [3.63, 3.8) is 0 Å². The zero-order chi connectivity index (χ0) is 18.9. The highest BCUT2D eigenvalue weighted by atomic mass is 16.5. The molecular formula is C22H24N2O3. The summed E-state index contributed by atoms with van der Waals surface area (Å²) in [7, 11) is 1.77. The molecule has 2 atom stereocenters. The molecular weight excluding hydrogens is 340 g/mol. The molecule has 2 unspecified atom stereocenters. The number of ether oxygens (including phenoxy) is 2. The first-order chi connectivity index (χ1) is 13.1. The quantitative estimate of drug-likeness (QED) is 0.727. The lowest BCUT2D eigenvalue weighted by atomic mass is 9.92. The van der Waals surface area contributed by atoms with Gasteiger partial charge in [-0.25, -0.2) is 0 Å². The summed E-state index contributed by atoms with van der Waals surface area (Å²) < 4.78 is 12.1. The molecule has 3 aromatic rings. The van der Waals surface area contributed by atoms with E-state index in [1.807, 2.05) is 37.3 Å². The van der Waals surface area contributed by atoms with E-state index in [1.165, 1.54) is 0 Å². The SMILES string of the molecule is COC1(c2cccc(OC(C)c3ccc4[nH]c(=O)ccc4c3)c2)CCNC1.